The summed E-state index contributed by atoms with van der Waals surface area (Å²) in [5.41, 5.74) is 2.36. The molecule has 1 aliphatic heterocycles. The van der Waals surface area contributed by atoms with Gasteiger partial charge >= 0.3 is 11.8 Å². The van der Waals surface area contributed by atoms with Crippen LogP contribution in [0.15, 0.2) is 23.3 Å². The summed E-state index contributed by atoms with van der Waals surface area (Å²) in [4.78, 5) is 47.9. The standard InChI is InChI=1S/C18H23N5O6/c1-12(20-21-17(25)18(26)22-8-4-3-5-9-22)10-16(24)19-14-11-13(23(27)28)6-7-15(14)29-2/h6-7,11H,3-5,8-10H2,1-2H3,(H,19,24)(H,21,25). The first kappa shape index (κ1) is 21.8. The third-order valence-corrected chi connectivity index (χ3v) is 4.27. The largest absolute Gasteiger partial charge is 0.495 e. The molecule has 0 saturated carbocycles. The molecule has 0 bridgehead atoms. The molecule has 0 unspecified atom stereocenters. The van der Waals surface area contributed by atoms with Gasteiger partial charge in [-0.1, -0.05) is 0 Å². The van der Waals surface area contributed by atoms with Gasteiger partial charge in [-0.05, 0) is 32.3 Å². The zero-order valence-electron chi connectivity index (χ0n) is 16.3. The maximum Gasteiger partial charge on any atom is 0.329 e. The van der Waals surface area contributed by atoms with E-state index in [-0.39, 0.29) is 29.3 Å². The summed E-state index contributed by atoms with van der Waals surface area (Å²) in [7, 11) is 1.37. The first-order chi connectivity index (χ1) is 13.8. The van der Waals surface area contributed by atoms with Crippen LogP contribution in [0.25, 0.3) is 0 Å². The number of hydrazone groups is 1. The highest BCUT2D eigenvalue weighted by atomic mass is 16.6. The Morgan fingerprint density at radius 2 is 1.93 bits per heavy atom. The normalized spacial score (nSPS) is 14.1. The summed E-state index contributed by atoms with van der Waals surface area (Å²) in [5.74, 6) is -1.75. The van der Waals surface area contributed by atoms with Crippen molar-refractivity contribution in [3.63, 3.8) is 0 Å². The van der Waals surface area contributed by atoms with Crippen molar-refractivity contribution in [2.24, 2.45) is 5.10 Å². The van der Waals surface area contributed by atoms with Crippen LogP contribution in [0.3, 0.4) is 0 Å². The Hall–Kier alpha value is -3.50. The number of nitro benzene ring substituents is 1. The lowest BCUT2D eigenvalue weighted by atomic mass is 10.1. The number of nitrogens with one attached hydrogen (secondary N) is 2. The van der Waals surface area contributed by atoms with Gasteiger partial charge in [0.05, 0.1) is 24.1 Å². The second-order valence-corrected chi connectivity index (χ2v) is 6.51. The van der Waals surface area contributed by atoms with Crippen molar-refractivity contribution in [3.05, 3.63) is 28.3 Å². The van der Waals surface area contributed by atoms with Gasteiger partial charge in [0.2, 0.25) is 5.91 Å². The van der Waals surface area contributed by atoms with E-state index in [2.05, 4.69) is 15.8 Å². The Bertz CT molecular complexity index is 832. The number of benzene rings is 1. The minimum absolute atomic E-state index is 0.142. The lowest BCUT2D eigenvalue weighted by Crippen LogP contribution is -2.44. The summed E-state index contributed by atoms with van der Waals surface area (Å²) in [6.07, 6.45) is 2.57. The number of likely N-dealkylation sites (tertiary alicyclic amines) is 1. The highest BCUT2D eigenvalue weighted by molar-refractivity contribution is 6.35. The quantitative estimate of drug-likeness (QED) is 0.317. The van der Waals surface area contributed by atoms with Gasteiger partial charge in [0.15, 0.2) is 0 Å². The number of nitro groups is 1. The molecule has 11 nitrogen and oxygen atoms in total. The van der Waals surface area contributed by atoms with Crippen LogP contribution < -0.4 is 15.5 Å². The fourth-order valence-corrected chi connectivity index (χ4v) is 2.81. The van der Waals surface area contributed by atoms with E-state index in [1.807, 2.05) is 0 Å². The second-order valence-electron chi connectivity index (χ2n) is 6.51. The van der Waals surface area contributed by atoms with Crippen LogP contribution in [0.1, 0.15) is 32.6 Å². The third-order valence-electron chi connectivity index (χ3n) is 4.27. The van der Waals surface area contributed by atoms with Gasteiger partial charge in [-0.3, -0.25) is 24.5 Å². The summed E-state index contributed by atoms with van der Waals surface area (Å²) in [6, 6.07) is 3.82. The first-order valence-electron chi connectivity index (χ1n) is 9.06. The lowest BCUT2D eigenvalue weighted by molar-refractivity contribution is -0.384. The molecule has 1 fully saturated rings. The number of carbonyl (C=O) groups excluding carboxylic acids is 3. The van der Waals surface area contributed by atoms with E-state index < -0.39 is 22.6 Å². The molecule has 156 valence electrons. The molecule has 1 aliphatic rings. The molecule has 2 rings (SSSR count). The Morgan fingerprint density at radius 3 is 2.55 bits per heavy atom. The van der Waals surface area contributed by atoms with Gasteiger partial charge < -0.3 is 15.0 Å². The van der Waals surface area contributed by atoms with Gasteiger partial charge in [-0.2, -0.15) is 5.10 Å². The molecule has 3 amide bonds. The smallest absolute Gasteiger partial charge is 0.329 e. The average Bonchev–Trinajstić information content (AvgIpc) is 2.71. The summed E-state index contributed by atoms with van der Waals surface area (Å²) < 4.78 is 5.08. The molecule has 0 atom stereocenters. The number of piperidine rings is 1. The SMILES string of the molecule is COc1ccc([N+](=O)[O-])cc1NC(=O)CC(C)=NNC(=O)C(=O)N1CCCCC1. The molecule has 29 heavy (non-hydrogen) atoms. The van der Waals surface area contributed by atoms with E-state index in [1.54, 1.807) is 0 Å². The minimum Gasteiger partial charge on any atom is -0.495 e. The molecule has 1 saturated heterocycles. The van der Waals surface area contributed by atoms with Crippen LogP contribution in [-0.2, 0) is 14.4 Å². The van der Waals surface area contributed by atoms with Crippen molar-refractivity contribution < 1.29 is 24.0 Å². The number of non-ortho nitro benzene ring substituents is 1. The molecule has 0 spiro atoms. The van der Waals surface area contributed by atoms with Crippen molar-refractivity contribution in [2.45, 2.75) is 32.6 Å². The van der Waals surface area contributed by atoms with Gasteiger partial charge in [0, 0.05) is 30.9 Å². The molecule has 0 aromatic heterocycles. The van der Waals surface area contributed by atoms with Gasteiger partial charge in [-0.15, -0.1) is 0 Å². The van der Waals surface area contributed by atoms with Crippen LogP contribution in [0.4, 0.5) is 11.4 Å². The van der Waals surface area contributed by atoms with Gasteiger partial charge in [0.25, 0.3) is 5.69 Å². The van der Waals surface area contributed by atoms with Crippen molar-refractivity contribution in [3.8, 4) is 5.75 Å². The Balaban J connectivity index is 1.93. The van der Waals surface area contributed by atoms with Gasteiger partial charge in [-0.25, -0.2) is 5.43 Å². The fourth-order valence-electron chi connectivity index (χ4n) is 2.81. The predicted octanol–water partition coefficient (Wildman–Crippen LogP) is 1.44. The Morgan fingerprint density at radius 1 is 1.24 bits per heavy atom. The molecular formula is C18H23N5O6. The topological polar surface area (TPSA) is 143 Å². The van der Waals surface area contributed by atoms with Crippen molar-refractivity contribution in [1.82, 2.24) is 10.3 Å². The Kier molecular flexibility index (Phi) is 7.63. The maximum absolute atomic E-state index is 12.2. The molecular weight excluding hydrogens is 382 g/mol. The molecule has 2 N–H and O–H groups in total. The molecule has 1 aromatic rings. The van der Waals surface area contributed by atoms with E-state index in [4.69, 9.17) is 4.74 Å². The van der Waals surface area contributed by atoms with E-state index in [1.165, 1.54) is 37.1 Å². The lowest BCUT2D eigenvalue weighted by Gasteiger charge is -2.25. The monoisotopic (exact) mass is 405 g/mol. The summed E-state index contributed by atoms with van der Waals surface area (Å²) in [5, 5.41) is 17.2. The number of hydrogen-bond acceptors (Lipinski definition) is 7. The fraction of sp³-hybridized carbons (Fsp3) is 0.444. The number of anilines is 1. The van der Waals surface area contributed by atoms with E-state index >= 15 is 0 Å². The highest BCUT2D eigenvalue weighted by Gasteiger charge is 2.23. The number of methoxy groups -OCH3 is 1. The highest BCUT2D eigenvalue weighted by Crippen LogP contribution is 2.28. The maximum atomic E-state index is 12.2. The number of ether oxygens (including phenoxy) is 1. The van der Waals surface area contributed by atoms with E-state index in [9.17, 15) is 24.5 Å². The average molecular weight is 405 g/mol. The molecule has 1 heterocycles. The van der Waals surface area contributed by atoms with Crippen molar-refractivity contribution in [1.29, 1.82) is 0 Å². The third kappa shape index (κ3) is 6.26. The summed E-state index contributed by atoms with van der Waals surface area (Å²) >= 11 is 0. The molecule has 0 radical (unpaired) electrons. The molecule has 1 aromatic carbocycles. The number of rotatable bonds is 6. The second kappa shape index (κ2) is 10.2. The summed E-state index contributed by atoms with van der Waals surface area (Å²) in [6.45, 7) is 2.60. The number of nitrogens with zero attached hydrogens (tertiary/aromatic N) is 3. The van der Waals surface area contributed by atoms with Crippen LogP contribution in [0, 0.1) is 10.1 Å². The zero-order chi connectivity index (χ0) is 21.4. The predicted molar refractivity (Wildman–Crippen MR) is 105 cm³/mol. The van der Waals surface area contributed by atoms with Crippen molar-refractivity contribution in [2.75, 3.05) is 25.5 Å². The minimum atomic E-state index is -0.855. The van der Waals surface area contributed by atoms with E-state index in [0.717, 1.165) is 19.3 Å². The van der Waals surface area contributed by atoms with Crippen LogP contribution >= 0.6 is 0 Å². The Labute approximate surface area is 167 Å². The first-order valence-corrected chi connectivity index (χ1v) is 9.06. The number of amides is 3. The van der Waals surface area contributed by atoms with E-state index in [0.29, 0.717) is 13.1 Å². The molecule has 0 aliphatic carbocycles. The number of carbonyl (C=O) groups is 3. The van der Waals surface area contributed by atoms with Crippen LogP contribution in [-0.4, -0.2) is 53.5 Å². The zero-order valence-corrected chi connectivity index (χ0v) is 16.3. The van der Waals surface area contributed by atoms with Crippen LogP contribution in [0.2, 0.25) is 0 Å². The van der Waals surface area contributed by atoms with Crippen LogP contribution in [0.5, 0.6) is 5.75 Å². The van der Waals surface area contributed by atoms with Gasteiger partial charge in [0.1, 0.15) is 5.75 Å². The number of hydrogen-bond donors (Lipinski definition) is 2. The van der Waals surface area contributed by atoms with Crippen molar-refractivity contribution >= 4 is 34.8 Å². The molecule has 11 heteroatoms.